The van der Waals surface area contributed by atoms with E-state index in [9.17, 15) is 0 Å². The fourth-order valence-corrected chi connectivity index (χ4v) is 2.92. The number of hydrogen-bond acceptors (Lipinski definition) is 4. The van der Waals surface area contributed by atoms with Gasteiger partial charge in [-0.05, 0) is 29.8 Å². The number of pyridine rings is 1. The van der Waals surface area contributed by atoms with Crippen LogP contribution in [-0.2, 0) is 0 Å². The van der Waals surface area contributed by atoms with Gasteiger partial charge in [-0.1, -0.05) is 34.1 Å². The van der Waals surface area contributed by atoms with Gasteiger partial charge >= 0.3 is 0 Å². The summed E-state index contributed by atoms with van der Waals surface area (Å²) in [4.78, 5) is 8.89. The summed E-state index contributed by atoms with van der Waals surface area (Å²) < 4.78 is 2.72. The zero-order valence-corrected chi connectivity index (χ0v) is 13.6. The van der Waals surface area contributed by atoms with Crippen LogP contribution in [0.15, 0.2) is 65.5 Å². The van der Waals surface area contributed by atoms with Crippen LogP contribution in [0, 0.1) is 0 Å². The van der Waals surface area contributed by atoms with Crippen molar-refractivity contribution in [1.82, 2.24) is 19.6 Å². The highest BCUT2D eigenvalue weighted by molar-refractivity contribution is 9.10. The molecule has 0 aliphatic heterocycles. The fraction of sp³-hybridized carbons (Fsp3) is 0. The van der Waals surface area contributed by atoms with Gasteiger partial charge in [-0.3, -0.25) is 4.98 Å². The van der Waals surface area contributed by atoms with Crippen molar-refractivity contribution in [2.75, 3.05) is 5.73 Å². The van der Waals surface area contributed by atoms with E-state index >= 15 is 0 Å². The molecule has 0 aliphatic carbocycles. The zero-order valence-electron chi connectivity index (χ0n) is 12.0. The number of aromatic nitrogens is 4. The van der Waals surface area contributed by atoms with E-state index in [1.807, 2.05) is 54.9 Å². The summed E-state index contributed by atoms with van der Waals surface area (Å²) in [6.07, 6.45) is 5.48. The molecule has 2 N–H and O–H groups in total. The Morgan fingerprint density at radius 3 is 2.70 bits per heavy atom. The van der Waals surface area contributed by atoms with Crippen LogP contribution in [-0.4, -0.2) is 19.6 Å². The smallest absolute Gasteiger partial charge is 0.166 e. The van der Waals surface area contributed by atoms with Crippen molar-refractivity contribution in [3.63, 3.8) is 0 Å². The highest BCUT2D eigenvalue weighted by atomic mass is 79.9. The van der Waals surface area contributed by atoms with Gasteiger partial charge in [0, 0.05) is 28.6 Å². The van der Waals surface area contributed by atoms with Crippen LogP contribution in [0.4, 0.5) is 5.82 Å². The van der Waals surface area contributed by atoms with E-state index < -0.39 is 0 Å². The summed E-state index contributed by atoms with van der Waals surface area (Å²) in [5, 5.41) is 4.38. The van der Waals surface area contributed by atoms with Crippen LogP contribution in [0.25, 0.3) is 28.0 Å². The molecule has 0 radical (unpaired) electrons. The Morgan fingerprint density at radius 1 is 1.00 bits per heavy atom. The molecule has 0 atom stereocenters. The van der Waals surface area contributed by atoms with E-state index in [0.29, 0.717) is 11.5 Å². The van der Waals surface area contributed by atoms with Crippen LogP contribution in [0.2, 0.25) is 0 Å². The van der Waals surface area contributed by atoms with Crippen LogP contribution in [0.5, 0.6) is 0 Å². The van der Waals surface area contributed by atoms with Gasteiger partial charge in [0.2, 0.25) is 0 Å². The first-order valence-corrected chi connectivity index (χ1v) is 7.83. The minimum Gasteiger partial charge on any atom is -0.382 e. The Hall–Kier alpha value is -2.73. The second-order valence-corrected chi connectivity index (χ2v) is 6.01. The van der Waals surface area contributed by atoms with Gasteiger partial charge in [-0.25, -0.2) is 9.50 Å². The molecular formula is C17H12BrN5. The van der Waals surface area contributed by atoms with E-state index in [-0.39, 0.29) is 0 Å². The second-order valence-electron chi connectivity index (χ2n) is 5.10. The number of anilines is 1. The number of nitrogen functional groups attached to an aromatic ring is 1. The normalized spacial score (nSPS) is 11.0. The van der Waals surface area contributed by atoms with Crippen molar-refractivity contribution in [2.24, 2.45) is 0 Å². The van der Waals surface area contributed by atoms with E-state index in [4.69, 9.17) is 5.73 Å². The van der Waals surface area contributed by atoms with Crippen molar-refractivity contribution < 1.29 is 0 Å². The molecule has 6 heteroatoms. The fourth-order valence-electron chi connectivity index (χ4n) is 2.53. The van der Waals surface area contributed by atoms with Crippen LogP contribution >= 0.6 is 15.9 Å². The van der Waals surface area contributed by atoms with Gasteiger partial charge < -0.3 is 5.73 Å². The van der Waals surface area contributed by atoms with Crippen molar-refractivity contribution in [3.8, 4) is 22.4 Å². The first-order valence-electron chi connectivity index (χ1n) is 7.03. The predicted octanol–water partition coefficient (Wildman–Crippen LogP) is 3.80. The minimum absolute atomic E-state index is 0.419. The largest absolute Gasteiger partial charge is 0.382 e. The molecule has 112 valence electrons. The summed E-state index contributed by atoms with van der Waals surface area (Å²) in [5.74, 6) is 0.419. The molecular weight excluding hydrogens is 354 g/mol. The Balaban J connectivity index is 1.89. The summed E-state index contributed by atoms with van der Waals surface area (Å²) in [7, 11) is 0. The summed E-state index contributed by atoms with van der Waals surface area (Å²) in [5.41, 5.74) is 10.3. The average molecular weight is 366 g/mol. The summed E-state index contributed by atoms with van der Waals surface area (Å²) in [6, 6.07) is 13.7. The standard InChI is InChI=1S/C17H12BrN5/c18-13-5-3-4-11(8-13)12-9-21-17-15(14-6-1-2-7-20-14)16(19)22-23(17)10-12/h1-10H,(H2,19,22). The van der Waals surface area contributed by atoms with Gasteiger partial charge in [-0.15, -0.1) is 5.10 Å². The van der Waals surface area contributed by atoms with Crippen LogP contribution in [0.3, 0.4) is 0 Å². The van der Waals surface area contributed by atoms with E-state index in [0.717, 1.165) is 26.9 Å². The van der Waals surface area contributed by atoms with Gasteiger partial charge in [0.15, 0.2) is 11.5 Å². The quantitative estimate of drug-likeness (QED) is 0.586. The lowest BCUT2D eigenvalue weighted by Gasteiger charge is -2.03. The number of rotatable bonds is 2. The maximum absolute atomic E-state index is 6.08. The highest BCUT2D eigenvalue weighted by Crippen LogP contribution is 2.29. The van der Waals surface area contributed by atoms with Crippen molar-refractivity contribution in [2.45, 2.75) is 0 Å². The highest BCUT2D eigenvalue weighted by Gasteiger charge is 2.15. The molecule has 1 aromatic carbocycles. The maximum Gasteiger partial charge on any atom is 0.166 e. The van der Waals surface area contributed by atoms with Gasteiger partial charge in [0.1, 0.15) is 0 Å². The number of nitrogens with zero attached hydrogens (tertiary/aromatic N) is 4. The molecule has 4 aromatic rings. The summed E-state index contributed by atoms with van der Waals surface area (Å²) in [6.45, 7) is 0. The molecule has 0 bridgehead atoms. The Labute approximate surface area is 140 Å². The molecule has 0 aliphatic rings. The van der Waals surface area contributed by atoms with Crippen molar-refractivity contribution >= 4 is 27.4 Å². The third kappa shape index (κ3) is 2.47. The van der Waals surface area contributed by atoms with Gasteiger partial charge in [0.05, 0.1) is 11.3 Å². The van der Waals surface area contributed by atoms with Gasteiger partial charge in [0.25, 0.3) is 0 Å². The molecule has 0 spiro atoms. The molecule has 23 heavy (non-hydrogen) atoms. The predicted molar refractivity (Wildman–Crippen MR) is 93.8 cm³/mol. The number of hydrogen-bond donors (Lipinski definition) is 1. The molecule has 0 saturated heterocycles. The average Bonchev–Trinajstić information content (AvgIpc) is 2.90. The zero-order chi connectivity index (χ0) is 15.8. The third-order valence-electron chi connectivity index (χ3n) is 3.58. The minimum atomic E-state index is 0.419. The Bertz CT molecular complexity index is 994. The number of halogens is 1. The number of benzene rings is 1. The molecule has 3 heterocycles. The van der Waals surface area contributed by atoms with E-state index in [1.54, 1.807) is 10.7 Å². The molecule has 4 rings (SSSR count). The molecule has 0 unspecified atom stereocenters. The first-order chi connectivity index (χ1) is 11.2. The molecule has 0 amide bonds. The van der Waals surface area contributed by atoms with Crippen molar-refractivity contribution in [3.05, 3.63) is 65.5 Å². The lowest BCUT2D eigenvalue weighted by Crippen LogP contribution is -1.92. The third-order valence-corrected chi connectivity index (χ3v) is 4.07. The first kappa shape index (κ1) is 13.9. The maximum atomic E-state index is 6.08. The van der Waals surface area contributed by atoms with Crippen molar-refractivity contribution in [1.29, 1.82) is 0 Å². The van der Waals surface area contributed by atoms with Crippen LogP contribution in [0.1, 0.15) is 0 Å². The van der Waals surface area contributed by atoms with E-state index in [1.165, 1.54) is 0 Å². The number of fused-ring (bicyclic) bond motifs is 1. The molecule has 5 nitrogen and oxygen atoms in total. The van der Waals surface area contributed by atoms with Gasteiger partial charge in [-0.2, -0.15) is 0 Å². The molecule has 0 saturated carbocycles. The lowest BCUT2D eigenvalue weighted by molar-refractivity contribution is 0.947. The number of nitrogens with two attached hydrogens (primary N) is 1. The topological polar surface area (TPSA) is 69.1 Å². The SMILES string of the molecule is Nc1nn2cc(-c3cccc(Br)c3)cnc2c1-c1ccccn1. The lowest BCUT2D eigenvalue weighted by atomic mass is 10.1. The van der Waals surface area contributed by atoms with E-state index in [2.05, 4.69) is 31.0 Å². The Morgan fingerprint density at radius 2 is 1.91 bits per heavy atom. The van der Waals surface area contributed by atoms with Crippen LogP contribution < -0.4 is 5.73 Å². The summed E-state index contributed by atoms with van der Waals surface area (Å²) >= 11 is 3.48. The second kappa shape index (κ2) is 5.48. The Kier molecular flexibility index (Phi) is 3.31. The monoisotopic (exact) mass is 365 g/mol. The molecule has 3 aromatic heterocycles. The molecule has 0 fully saturated rings.